The van der Waals surface area contributed by atoms with E-state index in [1.54, 1.807) is 26.3 Å². The minimum atomic E-state index is -0.205. The van der Waals surface area contributed by atoms with Crippen LogP contribution in [0.15, 0.2) is 29.3 Å². The van der Waals surface area contributed by atoms with E-state index in [1.165, 1.54) is 6.07 Å². The molecule has 0 bridgehead atoms. The molecule has 0 amide bonds. The van der Waals surface area contributed by atoms with Crippen LogP contribution in [0, 0.1) is 5.82 Å². The molecule has 0 aliphatic carbocycles. The first-order chi connectivity index (χ1) is 10.3. The predicted molar refractivity (Wildman–Crippen MR) is 82.2 cm³/mol. The van der Waals surface area contributed by atoms with E-state index < -0.39 is 0 Å². The van der Waals surface area contributed by atoms with Crippen molar-refractivity contribution in [1.82, 2.24) is 10.6 Å². The monoisotopic (exact) mass is 297 g/mol. The number of aliphatic imine (C=N–C) groups is 1. The van der Waals surface area contributed by atoms with Gasteiger partial charge in [-0.15, -0.1) is 0 Å². The SMILES string of the molecule is CN=C(NCCOCCOC)NCCc1cccc(F)c1. The van der Waals surface area contributed by atoms with E-state index in [2.05, 4.69) is 15.6 Å². The summed E-state index contributed by atoms with van der Waals surface area (Å²) in [6.07, 6.45) is 0.739. The van der Waals surface area contributed by atoms with E-state index in [4.69, 9.17) is 9.47 Å². The highest BCUT2D eigenvalue weighted by Crippen LogP contribution is 2.03. The topological polar surface area (TPSA) is 54.9 Å². The molecule has 0 fully saturated rings. The molecule has 0 aromatic heterocycles. The molecule has 118 valence electrons. The maximum Gasteiger partial charge on any atom is 0.191 e. The summed E-state index contributed by atoms with van der Waals surface area (Å²) in [4.78, 5) is 4.11. The Morgan fingerprint density at radius 2 is 2.00 bits per heavy atom. The lowest BCUT2D eigenvalue weighted by Gasteiger charge is -2.12. The third-order valence-corrected chi connectivity index (χ3v) is 2.79. The average molecular weight is 297 g/mol. The van der Waals surface area contributed by atoms with Gasteiger partial charge in [0.25, 0.3) is 0 Å². The summed E-state index contributed by atoms with van der Waals surface area (Å²) in [5.41, 5.74) is 0.959. The lowest BCUT2D eigenvalue weighted by molar-refractivity contribution is 0.0733. The van der Waals surface area contributed by atoms with Crippen molar-refractivity contribution < 1.29 is 13.9 Å². The summed E-state index contributed by atoms with van der Waals surface area (Å²) < 4.78 is 23.3. The Hall–Kier alpha value is -1.66. The van der Waals surface area contributed by atoms with Crippen molar-refractivity contribution in [3.8, 4) is 0 Å². The Morgan fingerprint density at radius 3 is 2.71 bits per heavy atom. The summed E-state index contributed by atoms with van der Waals surface area (Å²) in [6, 6.07) is 6.61. The second-order valence-corrected chi connectivity index (χ2v) is 4.41. The van der Waals surface area contributed by atoms with Gasteiger partial charge in [0.15, 0.2) is 5.96 Å². The molecule has 2 N–H and O–H groups in total. The zero-order chi connectivity index (χ0) is 15.3. The van der Waals surface area contributed by atoms with Crippen LogP contribution in [0.2, 0.25) is 0 Å². The Morgan fingerprint density at radius 1 is 1.19 bits per heavy atom. The van der Waals surface area contributed by atoms with Gasteiger partial charge < -0.3 is 20.1 Å². The molecule has 21 heavy (non-hydrogen) atoms. The van der Waals surface area contributed by atoms with Crippen molar-refractivity contribution in [2.24, 2.45) is 4.99 Å². The van der Waals surface area contributed by atoms with Crippen molar-refractivity contribution in [3.05, 3.63) is 35.6 Å². The van der Waals surface area contributed by atoms with Crippen LogP contribution in [0.3, 0.4) is 0 Å². The van der Waals surface area contributed by atoms with Crippen LogP contribution < -0.4 is 10.6 Å². The standard InChI is InChI=1S/C15H24FN3O2/c1-17-15(19-8-9-21-11-10-20-2)18-7-6-13-4-3-5-14(16)12-13/h3-5,12H,6-11H2,1-2H3,(H2,17,18,19). The highest BCUT2D eigenvalue weighted by molar-refractivity contribution is 5.79. The van der Waals surface area contributed by atoms with Crippen molar-refractivity contribution in [1.29, 1.82) is 0 Å². The Kier molecular flexibility index (Phi) is 9.15. The average Bonchev–Trinajstić information content (AvgIpc) is 2.49. The van der Waals surface area contributed by atoms with E-state index in [1.807, 2.05) is 6.07 Å². The van der Waals surface area contributed by atoms with Gasteiger partial charge in [-0.3, -0.25) is 4.99 Å². The Labute approximate surface area is 125 Å². The fourth-order valence-electron chi connectivity index (χ4n) is 1.72. The predicted octanol–water partition coefficient (Wildman–Crippen LogP) is 1.20. The summed E-state index contributed by atoms with van der Waals surface area (Å²) >= 11 is 0. The molecule has 0 aliphatic heterocycles. The molecule has 1 rings (SSSR count). The number of halogens is 1. The maximum absolute atomic E-state index is 13.0. The Bertz CT molecular complexity index is 427. The number of ether oxygens (including phenoxy) is 2. The first-order valence-electron chi connectivity index (χ1n) is 7.02. The molecule has 5 nitrogen and oxygen atoms in total. The normalized spacial score (nSPS) is 11.5. The van der Waals surface area contributed by atoms with Gasteiger partial charge >= 0.3 is 0 Å². The van der Waals surface area contributed by atoms with Crippen LogP contribution in [0.1, 0.15) is 5.56 Å². The Balaban J connectivity index is 2.14. The highest BCUT2D eigenvalue weighted by Gasteiger charge is 1.99. The van der Waals surface area contributed by atoms with Gasteiger partial charge in [-0.05, 0) is 24.1 Å². The summed E-state index contributed by atoms with van der Waals surface area (Å²) in [6.45, 7) is 3.13. The first kappa shape index (κ1) is 17.4. The molecule has 0 unspecified atom stereocenters. The molecule has 1 aromatic carbocycles. The van der Waals surface area contributed by atoms with Crippen LogP contribution in [-0.2, 0) is 15.9 Å². The zero-order valence-electron chi connectivity index (χ0n) is 12.7. The van der Waals surface area contributed by atoms with Crippen LogP contribution in [0.5, 0.6) is 0 Å². The van der Waals surface area contributed by atoms with Crippen molar-refractivity contribution in [2.45, 2.75) is 6.42 Å². The van der Waals surface area contributed by atoms with Crippen molar-refractivity contribution in [3.63, 3.8) is 0 Å². The van der Waals surface area contributed by atoms with Gasteiger partial charge in [0.05, 0.1) is 19.8 Å². The largest absolute Gasteiger partial charge is 0.382 e. The van der Waals surface area contributed by atoms with Crippen LogP contribution >= 0.6 is 0 Å². The lowest BCUT2D eigenvalue weighted by atomic mass is 10.1. The smallest absolute Gasteiger partial charge is 0.191 e. The number of nitrogens with zero attached hydrogens (tertiary/aromatic N) is 1. The van der Waals surface area contributed by atoms with Crippen molar-refractivity contribution in [2.75, 3.05) is 47.1 Å². The third-order valence-electron chi connectivity index (χ3n) is 2.79. The molecule has 0 heterocycles. The van der Waals surface area contributed by atoms with Gasteiger partial charge in [-0.2, -0.15) is 0 Å². The first-order valence-corrected chi connectivity index (χ1v) is 7.02. The van der Waals surface area contributed by atoms with Crippen LogP contribution in [0.25, 0.3) is 0 Å². The minimum Gasteiger partial charge on any atom is -0.382 e. The maximum atomic E-state index is 13.0. The number of hydrogen-bond donors (Lipinski definition) is 2. The van der Waals surface area contributed by atoms with Gasteiger partial charge in [-0.1, -0.05) is 12.1 Å². The third kappa shape index (κ3) is 8.27. The number of benzene rings is 1. The number of rotatable bonds is 9. The molecule has 0 radical (unpaired) electrons. The molecular weight excluding hydrogens is 273 g/mol. The van der Waals surface area contributed by atoms with E-state index in [0.29, 0.717) is 38.9 Å². The number of nitrogens with one attached hydrogen (secondary N) is 2. The summed E-state index contributed by atoms with van der Waals surface area (Å²) in [5, 5.41) is 6.32. The molecule has 0 saturated heterocycles. The van der Waals surface area contributed by atoms with Gasteiger partial charge in [0.1, 0.15) is 5.82 Å². The lowest BCUT2D eigenvalue weighted by Crippen LogP contribution is -2.39. The molecule has 6 heteroatoms. The number of guanidine groups is 1. The number of methoxy groups -OCH3 is 1. The van der Waals surface area contributed by atoms with E-state index >= 15 is 0 Å². The molecule has 0 spiro atoms. The quantitative estimate of drug-likeness (QED) is 0.408. The molecule has 0 atom stereocenters. The van der Waals surface area contributed by atoms with Crippen molar-refractivity contribution >= 4 is 5.96 Å². The molecule has 0 saturated carbocycles. The molecule has 0 aliphatic rings. The molecule has 1 aromatic rings. The fraction of sp³-hybridized carbons (Fsp3) is 0.533. The van der Waals surface area contributed by atoms with Gasteiger partial charge in [0.2, 0.25) is 0 Å². The fourth-order valence-corrected chi connectivity index (χ4v) is 1.72. The van der Waals surface area contributed by atoms with Gasteiger partial charge in [0, 0.05) is 27.2 Å². The van der Waals surface area contributed by atoms with E-state index in [0.717, 1.165) is 12.0 Å². The minimum absolute atomic E-state index is 0.205. The second kappa shape index (κ2) is 11.0. The summed E-state index contributed by atoms with van der Waals surface area (Å²) in [7, 11) is 3.36. The highest BCUT2D eigenvalue weighted by atomic mass is 19.1. The summed E-state index contributed by atoms with van der Waals surface area (Å²) in [5.74, 6) is 0.505. The van der Waals surface area contributed by atoms with Gasteiger partial charge in [-0.25, -0.2) is 4.39 Å². The second-order valence-electron chi connectivity index (χ2n) is 4.41. The van der Waals surface area contributed by atoms with E-state index in [9.17, 15) is 4.39 Å². The van der Waals surface area contributed by atoms with E-state index in [-0.39, 0.29) is 5.82 Å². The van der Waals surface area contributed by atoms with Crippen LogP contribution in [-0.4, -0.2) is 53.0 Å². The zero-order valence-corrected chi connectivity index (χ0v) is 12.7. The molecular formula is C15H24FN3O2. The van der Waals surface area contributed by atoms with Crippen LogP contribution in [0.4, 0.5) is 4.39 Å². The number of hydrogen-bond acceptors (Lipinski definition) is 3.